The second-order valence-corrected chi connectivity index (χ2v) is 14.1. The van der Waals surface area contributed by atoms with E-state index in [2.05, 4.69) is 72.2 Å². The molecule has 0 heterocycles. The third-order valence-corrected chi connectivity index (χ3v) is 8.20. The third kappa shape index (κ3) is 40.1. The fraction of sp³-hybridized carbons (Fsp3) is 0.659. The predicted molar refractivity (Wildman–Crippen MR) is 208 cm³/mol. The van der Waals surface area contributed by atoms with Crippen molar-refractivity contribution in [1.82, 2.24) is 0 Å². The van der Waals surface area contributed by atoms with Crippen molar-refractivity contribution >= 4 is 19.8 Å². The van der Waals surface area contributed by atoms with Crippen LogP contribution in [0.5, 0.6) is 0 Å². The van der Waals surface area contributed by atoms with Gasteiger partial charge in [-0.25, -0.2) is 4.57 Å². The zero-order valence-electron chi connectivity index (χ0n) is 31.6. The smallest absolute Gasteiger partial charge is 0.462 e. The van der Waals surface area contributed by atoms with Crippen LogP contribution in [0.3, 0.4) is 0 Å². The Balaban J connectivity index is 4.10. The Hall–Kier alpha value is -2.55. The number of esters is 2. The van der Waals surface area contributed by atoms with Crippen molar-refractivity contribution in [1.29, 1.82) is 0 Å². The van der Waals surface area contributed by atoms with E-state index in [9.17, 15) is 19.3 Å². The zero-order chi connectivity index (χ0) is 37.7. The molecule has 0 radical (unpaired) electrons. The SMILES string of the molecule is CCCCC/C=C\C/C=C\CCCCCCCC(=O)O[C@H](COC(=O)CCC/C=C\C/C=C\C/C=C\C/C=C\CCC[C@@H](C)O)COP(=O)(O)O. The van der Waals surface area contributed by atoms with E-state index in [-0.39, 0.29) is 25.6 Å². The standard InChI is InChI=1S/C41H69O9P/c1-3-4-5-6-7-8-9-10-12-17-20-23-26-29-32-35-41(44)50-39(37-49-51(45,46)47)36-48-40(43)34-31-28-25-22-19-16-14-11-13-15-18-21-24-27-30-33-38(2)42/h7-8,10,12-16,21-22,24-25,38-39,42H,3-6,9,11,17-20,23,26-37H2,1-2H3,(H2,45,46,47)/b8-7-,12-10-,15-13-,16-14-,24-21-,25-22-/t38-,39-/m1/s1. The Morgan fingerprint density at radius 2 is 1.04 bits per heavy atom. The third-order valence-electron chi connectivity index (χ3n) is 7.72. The highest BCUT2D eigenvalue weighted by molar-refractivity contribution is 7.46. The number of ether oxygens (including phenoxy) is 2. The number of allylic oxidation sites excluding steroid dienone is 12. The number of phosphoric ester groups is 1. The van der Waals surface area contributed by atoms with E-state index in [0.29, 0.717) is 19.3 Å². The first kappa shape index (κ1) is 48.5. The molecule has 0 aliphatic carbocycles. The van der Waals surface area contributed by atoms with Gasteiger partial charge in [0.25, 0.3) is 0 Å². The second kappa shape index (κ2) is 35.8. The average Bonchev–Trinajstić information content (AvgIpc) is 3.08. The van der Waals surface area contributed by atoms with Crippen molar-refractivity contribution in [3.63, 3.8) is 0 Å². The highest BCUT2D eigenvalue weighted by Crippen LogP contribution is 2.36. The summed E-state index contributed by atoms with van der Waals surface area (Å²) in [6.07, 6.45) is 43.3. The van der Waals surface area contributed by atoms with Gasteiger partial charge in [0.15, 0.2) is 6.10 Å². The molecular formula is C41H69O9P. The van der Waals surface area contributed by atoms with Gasteiger partial charge in [0.1, 0.15) is 6.61 Å². The minimum absolute atomic E-state index is 0.173. The Morgan fingerprint density at radius 1 is 0.588 bits per heavy atom. The van der Waals surface area contributed by atoms with E-state index < -0.39 is 32.5 Å². The normalized spacial score (nSPS) is 13.9. The molecule has 0 spiro atoms. The molecule has 0 saturated heterocycles. The van der Waals surface area contributed by atoms with E-state index in [0.717, 1.165) is 83.5 Å². The Morgan fingerprint density at radius 3 is 1.57 bits per heavy atom. The van der Waals surface area contributed by atoms with Crippen LogP contribution in [0.25, 0.3) is 0 Å². The molecule has 0 bridgehead atoms. The fourth-order valence-corrected chi connectivity index (χ4v) is 5.18. The Labute approximate surface area is 309 Å². The number of carbonyl (C=O) groups is 2. The van der Waals surface area contributed by atoms with Crippen LogP contribution < -0.4 is 0 Å². The number of hydrogen-bond acceptors (Lipinski definition) is 7. The largest absolute Gasteiger partial charge is 0.469 e. The second-order valence-electron chi connectivity index (χ2n) is 12.8. The van der Waals surface area contributed by atoms with Crippen molar-refractivity contribution < 1.29 is 43.0 Å². The van der Waals surface area contributed by atoms with E-state index in [1.807, 2.05) is 19.1 Å². The van der Waals surface area contributed by atoms with Gasteiger partial charge in [0.2, 0.25) is 0 Å². The molecular weight excluding hydrogens is 667 g/mol. The molecule has 9 nitrogen and oxygen atoms in total. The van der Waals surface area contributed by atoms with Gasteiger partial charge in [-0.1, -0.05) is 112 Å². The van der Waals surface area contributed by atoms with Gasteiger partial charge >= 0.3 is 19.8 Å². The lowest BCUT2D eigenvalue weighted by molar-refractivity contribution is -0.161. The maximum absolute atomic E-state index is 12.4. The van der Waals surface area contributed by atoms with Crippen molar-refractivity contribution in [2.24, 2.45) is 0 Å². The first-order chi connectivity index (χ1) is 24.6. The minimum Gasteiger partial charge on any atom is -0.462 e. The summed E-state index contributed by atoms with van der Waals surface area (Å²) in [6.45, 7) is 3.13. The number of phosphoric acid groups is 1. The average molecular weight is 737 g/mol. The van der Waals surface area contributed by atoms with Crippen LogP contribution in [0.2, 0.25) is 0 Å². The van der Waals surface area contributed by atoms with Crippen LogP contribution in [0.1, 0.15) is 149 Å². The van der Waals surface area contributed by atoms with Gasteiger partial charge in [-0.3, -0.25) is 14.1 Å². The molecule has 10 heteroatoms. The molecule has 0 unspecified atom stereocenters. The molecule has 0 aliphatic heterocycles. The lowest BCUT2D eigenvalue weighted by atomic mass is 10.1. The summed E-state index contributed by atoms with van der Waals surface area (Å²) in [5, 5.41) is 9.24. The predicted octanol–water partition coefficient (Wildman–Crippen LogP) is 10.5. The van der Waals surface area contributed by atoms with Gasteiger partial charge in [-0.15, -0.1) is 0 Å². The number of hydrogen-bond donors (Lipinski definition) is 3. The molecule has 0 amide bonds. The summed E-state index contributed by atoms with van der Waals surface area (Å²) in [7, 11) is -4.78. The molecule has 292 valence electrons. The van der Waals surface area contributed by atoms with Gasteiger partial charge < -0.3 is 24.4 Å². The van der Waals surface area contributed by atoms with Crippen LogP contribution in [-0.4, -0.2) is 52.3 Å². The molecule has 0 aromatic carbocycles. The van der Waals surface area contributed by atoms with Crippen molar-refractivity contribution in [2.75, 3.05) is 13.2 Å². The zero-order valence-corrected chi connectivity index (χ0v) is 32.5. The van der Waals surface area contributed by atoms with Gasteiger partial charge in [-0.2, -0.15) is 0 Å². The van der Waals surface area contributed by atoms with Crippen LogP contribution in [0.15, 0.2) is 72.9 Å². The number of carbonyl (C=O) groups excluding carboxylic acids is 2. The summed E-state index contributed by atoms with van der Waals surface area (Å²) < 4.78 is 26.2. The molecule has 0 aliphatic rings. The lowest BCUT2D eigenvalue weighted by Gasteiger charge is -2.18. The summed E-state index contributed by atoms with van der Waals surface area (Å²) in [4.78, 5) is 42.7. The van der Waals surface area contributed by atoms with Crippen LogP contribution in [0, 0.1) is 0 Å². The maximum atomic E-state index is 12.4. The highest BCUT2D eigenvalue weighted by Gasteiger charge is 2.22. The molecule has 0 aromatic rings. The summed E-state index contributed by atoms with van der Waals surface area (Å²) >= 11 is 0. The van der Waals surface area contributed by atoms with Crippen LogP contribution in [-0.2, 0) is 28.2 Å². The fourth-order valence-electron chi connectivity index (χ4n) is 4.82. The lowest BCUT2D eigenvalue weighted by Crippen LogP contribution is -2.29. The number of rotatable bonds is 34. The van der Waals surface area contributed by atoms with Gasteiger partial charge in [-0.05, 0) is 96.8 Å². The molecule has 51 heavy (non-hydrogen) atoms. The minimum atomic E-state index is -4.78. The Kier molecular flexibility index (Phi) is 34.0. The summed E-state index contributed by atoms with van der Waals surface area (Å²) in [5.74, 6) is -0.991. The number of aliphatic hydroxyl groups is 1. The van der Waals surface area contributed by atoms with Crippen LogP contribution in [0.4, 0.5) is 0 Å². The molecule has 3 N–H and O–H groups in total. The van der Waals surface area contributed by atoms with E-state index in [1.54, 1.807) is 0 Å². The number of aliphatic hydroxyl groups excluding tert-OH is 1. The number of unbranched alkanes of at least 4 members (excludes halogenated alkanes) is 10. The molecule has 0 aromatic heterocycles. The van der Waals surface area contributed by atoms with Crippen molar-refractivity contribution in [3.8, 4) is 0 Å². The quantitative estimate of drug-likeness (QED) is 0.0255. The monoisotopic (exact) mass is 736 g/mol. The molecule has 0 saturated carbocycles. The van der Waals surface area contributed by atoms with Crippen molar-refractivity contribution in [3.05, 3.63) is 72.9 Å². The molecule has 0 rings (SSSR count). The van der Waals surface area contributed by atoms with Gasteiger partial charge in [0.05, 0.1) is 12.7 Å². The summed E-state index contributed by atoms with van der Waals surface area (Å²) in [6, 6.07) is 0. The maximum Gasteiger partial charge on any atom is 0.469 e. The highest BCUT2D eigenvalue weighted by atomic mass is 31.2. The van der Waals surface area contributed by atoms with E-state index in [4.69, 9.17) is 19.3 Å². The first-order valence-corrected chi connectivity index (χ1v) is 20.8. The van der Waals surface area contributed by atoms with Gasteiger partial charge in [0, 0.05) is 12.8 Å². The Bertz CT molecular complexity index is 1070. The van der Waals surface area contributed by atoms with Crippen molar-refractivity contribution in [2.45, 2.75) is 161 Å². The topological polar surface area (TPSA) is 140 Å². The van der Waals surface area contributed by atoms with E-state index in [1.165, 1.54) is 19.3 Å². The summed E-state index contributed by atoms with van der Waals surface area (Å²) in [5.41, 5.74) is 0. The van der Waals surface area contributed by atoms with E-state index >= 15 is 0 Å². The first-order valence-electron chi connectivity index (χ1n) is 19.3. The molecule has 0 fully saturated rings. The van der Waals surface area contributed by atoms with Crippen LogP contribution >= 0.6 is 7.82 Å². The molecule has 2 atom stereocenters.